The maximum atomic E-state index is 11.1. The molecule has 0 radical (unpaired) electrons. The van der Waals surface area contributed by atoms with Gasteiger partial charge in [0, 0.05) is 16.9 Å². The van der Waals surface area contributed by atoms with Crippen LogP contribution < -0.4 is 5.32 Å². The molecule has 1 aromatic rings. The second-order valence-corrected chi connectivity index (χ2v) is 7.16. The van der Waals surface area contributed by atoms with Crippen LogP contribution in [0.25, 0.3) is 0 Å². The van der Waals surface area contributed by atoms with E-state index >= 15 is 0 Å². The van der Waals surface area contributed by atoms with Crippen molar-refractivity contribution < 1.29 is 9.53 Å². The highest BCUT2D eigenvalue weighted by Crippen LogP contribution is 2.09. The van der Waals surface area contributed by atoms with Crippen molar-refractivity contribution in [1.29, 1.82) is 0 Å². The van der Waals surface area contributed by atoms with Crippen LogP contribution in [-0.4, -0.2) is 24.1 Å². The van der Waals surface area contributed by atoms with Crippen molar-refractivity contribution >= 4 is 33.6 Å². The highest BCUT2D eigenvalue weighted by Gasteiger charge is 2.15. The number of carbonyl (C=O) groups excluding carboxylic acids is 1. The summed E-state index contributed by atoms with van der Waals surface area (Å²) in [5, 5.41) is 2.64. The molecular weight excluding hydrogens is 378 g/mol. The van der Waals surface area contributed by atoms with E-state index in [9.17, 15) is 4.79 Å². The number of terminal acetylenes is 1. The molecule has 0 saturated heterocycles. The van der Waals surface area contributed by atoms with E-state index in [-0.39, 0.29) is 12.0 Å². The van der Waals surface area contributed by atoms with Gasteiger partial charge in [-0.15, -0.1) is 24.4 Å². The Morgan fingerprint density at radius 3 is 2.13 bits per heavy atom. The summed E-state index contributed by atoms with van der Waals surface area (Å²) in [4.78, 5) is 11.1. The Balaban J connectivity index is 0. The van der Waals surface area contributed by atoms with Crippen molar-refractivity contribution in [2.45, 2.75) is 40.2 Å². The molecule has 1 atom stereocenters. The van der Waals surface area contributed by atoms with E-state index in [0.29, 0.717) is 12.4 Å². The highest BCUT2D eigenvalue weighted by atomic mass is 79.9. The average Bonchev–Trinajstić information content (AvgIpc) is 2.49. The number of ether oxygens (including phenoxy) is 1. The third-order valence-corrected chi connectivity index (χ3v) is 3.32. The minimum absolute atomic E-state index is 0.272. The second-order valence-electron chi connectivity index (χ2n) is 5.94. The Morgan fingerprint density at radius 1 is 1.30 bits per heavy atom. The van der Waals surface area contributed by atoms with Gasteiger partial charge in [-0.2, -0.15) is 0 Å². The first-order valence-corrected chi connectivity index (χ1v) is 8.55. The third kappa shape index (κ3) is 17.0. The van der Waals surface area contributed by atoms with Crippen LogP contribution in [0.15, 0.2) is 28.7 Å². The lowest BCUT2D eigenvalue weighted by Gasteiger charge is -2.20. The Hall–Kier alpha value is -1.18. The van der Waals surface area contributed by atoms with E-state index in [4.69, 9.17) is 16.3 Å². The number of nitrogens with one attached hydrogen (secondary N) is 1. The van der Waals surface area contributed by atoms with Gasteiger partial charge in [-0.05, 0) is 45.7 Å². The van der Waals surface area contributed by atoms with E-state index in [1.807, 2.05) is 39.8 Å². The number of carbonyl (C=O) groups is 1. The summed E-state index contributed by atoms with van der Waals surface area (Å²) in [7, 11) is 0. The van der Waals surface area contributed by atoms with Crippen molar-refractivity contribution in [3.05, 3.63) is 34.3 Å². The molecule has 1 aromatic carbocycles. The Morgan fingerprint density at radius 2 is 1.78 bits per heavy atom. The minimum atomic E-state index is -0.436. The van der Waals surface area contributed by atoms with Crippen molar-refractivity contribution in [2.75, 3.05) is 12.4 Å². The van der Waals surface area contributed by atoms with Gasteiger partial charge in [0.05, 0.1) is 0 Å². The second kappa shape index (κ2) is 13.3. The van der Waals surface area contributed by atoms with Crippen molar-refractivity contribution in [3.8, 4) is 12.8 Å². The topological polar surface area (TPSA) is 38.3 Å². The molecule has 0 saturated carbocycles. The first-order valence-electron chi connectivity index (χ1n) is 7.22. The monoisotopic (exact) mass is 403 g/mol. The summed E-state index contributed by atoms with van der Waals surface area (Å²) in [6.45, 7) is 10.1. The molecule has 0 fully saturated rings. The van der Waals surface area contributed by atoms with E-state index in [1.54, 1.807) is 0 Å². The molecule has 1 N–H and O–H groups in total. The van der Waals surface area contributed by atoms with E-state index in [2.05, 4.69) is 53.1 Å². The molecule has 0 aromatic heterocycles. The summed E-state index contributed by atoms with van der Waals surface area (Å²) >= 11 is 8.92. The number of aryl methyl sites for hydroxylation is 1. The zero-order valence-electron chi connectivity index (χ0n) is 14.5. The van der Waals surface area contributed by atoms with Gasteiger partial charge in [0.1, 0.15) is 5.60 Å². The molecule has 0 aliphatic carbocycles. The van der Waals surface area contributed by atoms with Gasteiger partial charge in [0.2, 0.25) is 0 Å². The SMILES string of the molecule is C#C.CC(CCl)CNC(=O)OC(C)(C)C.Cc1ccc(Br)cc1. The maximum absolute atomic E-state index is 11.1. The normalized spacial score (nSPS) is 11.0. The molecule has 130 valence electrons. The van der Waals surface area contributed by atoms with Crippen LogP contribution in [0.4, 0.5) is 4.79 Å². The van der Waals surface area contributed by atoms with Crippen LogP contribution in [0, 0.1) is 25.7 Å². The molecular formula is C18H27BrClNO2. The fraction of sp³-hybridized carbons (Fsp3) is 0.500. The first-order chi connectivity index (χ1) is 10.6. The number of rotatable bonds is 3. The summed E-state index contributed by atoms with van der Waals surface area (Å²) in [6.07, 6.45) is 7.62. The largest absolute Gasteiger partial charge is 0.444 e. The summed E-state index contributed by atoms with van der Waals surface area (Å²) in [5.74, 6) is 0.810. The van der Waals surface area contributed by atoms with Gasteiger partial charge >= 0.3 is 6.09 Å². The van der Waals surface area contributed by atoms with Gasteiger partial charge in [-0.3, -0.25) is 0 Å². The Labute approximate surface area is 154 Å². The van der Waals surface area contributed by atoms with Gasteiger partial charge in [-0.25, -0.2) is 4.79 Å². The molecule has 0 bridgehead atoms. The molecule has 23 heavy (non-hydrogen) atoms. The fourth-order valence-corrected chi connectivity index (χ4v) is 1.53. The minimum Gasteiger partial charge on any atom is -0.444 e. The maximum Gasteiger partial charge on any atom is 0.407 e. The van der Waals surface area contributed by atoms with Crippen LogP contribution in [0.3, 0.4) is 0 Å². The lowest BCUT2D eigenvalue weighted by molar-refractivity contribution is 0.0522. The number of hydrogen-bond donors (Lipinski definition) is 1. The lowest BCUT2D eigenvalue weighted by atomic mass is 10.2. The predicted molar refractivity (Wildman–Crippen MR) is 103 cm³/mol. The smallest absolute Gasteiger partial charge is 0.407 e. The fourth-order valence-electron chi connectivity index (χ4n) is 1.16. The molecule has 0 aliphatic heterocycles. The molecule has 1 amide bonds. The molecule has 0 spiro atoms. The number of amides is 1. The zero-order valence-corrected chi connectivity index (χ0v) is 16.9. The van der Waals surface area contributed by atoms with Crippen molar-refractivity contribution in [2.24, 2.45) is 5.92 Å². The molecule has 1 rings (SSSR count). The van der Waals surface area contributed by atoms with Crippen LogP contribution in [0.5, 0.6) is 0 Å². The van der Waals surface area contributed by atoms with E-state index in [1.165, 1.54) is 5.56 Å². The quantitative estimate of drug-likeness (QED) is 0.541. The number of halogens is 2. The van der Waals surface area contributed by atoms with Crippen LogP contribution >= 0.6 is 27.5 Å². The van der Waals surface area contributed by atoms with E-state index in [0.717, 1.165) is 4.47 Å². The van der Waals surface area contributed by atoms with Crippen LogP contribution in [0.1, 0.15) is 33.3 Å². The van der Waals surface area contributed by atoms with Crippen molar-refractivity contribution in [1.82, 2.24) is 5.32 Å². The van der Waals surface area contributed by atoms with Gasteiger partial charge < -0.3 is 10.1 Å². The standard InChI is InChI=1S/C9H18ClNO2.C7H7Br.C2H2/c1-7(5-10)6-11-8(12)13-9(2,3)4;1-6-2-4-7(8)5-3-6;1-2/h7H,5-6H2,1-4H3,(H,11,12);2-5H,1H3;1-2H. The Bertz CT molecular complexity index is 431. The summed E-state index contributed by atoms with van der Waals surface area (Å²) in [5.41, 5.74) is 0.863. The van der Waals surface area contributed by atoms with Crippen LogP contribution in [-0.2, 0) is 4.74 Å². The van der Waals surface area contributed by atoms with E-state index < -0.39 is 5.60 Å². The predicted octanol–water partition coefficient (Wildman–Crippen LogP) is 5.39. The zero-order chi connectivity index (χ0) is 18.5. The number of alkyl carbamates (subject to hydrolysis) is 1. The first kappa shape index (κ1) is 24.1. The highest BCUT2D eigenvalue weighted by molar-refractivity contribution is 9.10. The van der Waals surface area contributed by atoms with Crippen LogP contribution in [0.2, 0.25) is 0 Å². The number of alkyl halides is 1. The molecule has 0 aliphatic rings. The number of benzene rings is 1. The Kier molecular flexibility index (Phi) is 13.9. The molecule has 1 unspecified atom stereocenters. The summed E-state index contributed by atoms with van der Waals surface area (Å²) in [6, 6.07) is 8.22. The molecule has 3 nitrogen and oxygen atoms in total. The van der Waals surface area contributed by atoms with Gasteiger partial charge in [-0.1, -0.05) is 40.5 Å². The van der Waals surface area contributed by atoms with Gasteiger partial charge in [0.15, 0.2) is 0 Å². The number of hydrogen-bond acceptors (Lipinski definition) is 2. The lowest BCUT2D eigenvalue weighted by Crippen LogP contribution is -2.35. The van der Waals surface area contributed by atoms with Gasteiger partial charge in [0.25, 0.3) is 0 Å². The summed E-state index contributed by atoms with van der Waals surface area (Å²) < 4.78 is 6.18. The third-order valence-electron chi connectivity index (χ3n) is 2.27. The van der Waals surface area contributed by atoms with Crippen molar-refractivity contribution in [3.63, 3.8) is 0 Å². The average molecular weight is 405 g/mol. The molecule has 5 heteroatoms. The molecule has 0 heterocycles.